The van der Waals surface area contributed by atoms with Gasteiger partial charge >= 0.3 is 5.97 Å². The molecule has 2 heterocycles. The van der Waals surface area contributed by atoms with Crippen LogP contribution in [-0.2, 0) is 16.0 Å². The standard InChI is InChI=1S/C15H19N3O3S/c1-15(5-3-2-4-11(15)13(20)21)17-12(19)8-10-9-22-14-16-6-7-18(10)14/h6-7,9,11H,2-5,8H2,1H3,(H,17,19)(H,20,21). The maximum atomic E-state index is 12.4. The van der Waals surface area contributed by atoms with Gasteiger partial charge in [-0.2, -0.15) is 0 Å². The normalized spacial score (nSPS) is 25.2. The van der Waals surface area contributed by atoms with Crippen molar-refractivity contribution < 1.29 is 14.7 Å². The molecule has 0 spiro atoms. The van der Waals surface area contributed by atoms with E-state index in [2.05, 4.69) is 10.3 Å². The van der Waals surface area contributed by atoms with E-state index < -0.39 is 17.4 Å². The maximum Gasteiger partial charge on any atom is 0.308 e. The summed E-state index contributed by atoms with van der Waals surface area (Å²) in [7, 11) is 0. The van der Waals surface area contributed by atoms with Crippen LogP contribution in [0.1, 0.15) is 38.3 Å². The van der Waals surface area contributed by atoms with Crippen molar-refractivity contribution in [1.82, 2.24) is 14.7 Å². The highest BCUT2D eigenvalue weighted by Gasteiger charge is 2.42. The number of thiazole rings is 1. The van der Waals surface area contributed by atoms with E-state index in [1.54, 1.807) is 6.20 Å². The molecule has 0 aromatic carbocycles. The summed E-state index contributed by atoms with van der Waals surface area (Å²) in [5.41, 5.74) is 0.215. The quantitative estimate of drug-likeness (QED) is 0.903. The molecule has 118 valence electrons. The molecular weight excluding hydrogens is 302 g/mol. The molecule has 1 aliphatic rings. The van der Waals surface area contributed by atoms with Crippen molar-refractivity contribution in [2.45, 2.75) is 44.6 Å². The highest BCUT2D eigenvalue weighted by atomic mass is 32.1. The van der Waals surface area contributed by atoms with Crippen molar-refractivity contribution in [2.75, 3.05) is 0 Å². The maximum absolute atomic E-state index is 12.4. The second-order valence-electron chi connectivity index (χ2n) is 6.09. The molecule has 2 atom stereocenters. The summed E-state index contributed by atoms with van der Waals surface area (Å²) in [4.78, 5) is 28.9. The van der Waals surface area contributed by atoms with Crippen LogP contribution in [-0.4, -0.2) is 31.9 Å². The molecule has 3 rings (SSSR count). The van der Waals surface area contributed by atoms with Crippen LogP contribution in [0, 0.1) is 5.92 Å². The predicted octanol–water partition coefficient (Wildman–Crippen LogP) is 2.09. The van der Waals surface area contributed by atoms with Crippen LogP contribution in [0.5, 0.6) is 0 Å². The Morgan fingerprint density at radius 2 is 2.36 bits per heavy atom. The average molecular weight is 321 g/mol. The van der Waals surface area contributed by atoms with Crippen LogP contribution in [0.2, 0.25) is 0 Å². The minimum absolute atomic E-state index is 0.135. The number of imidazole rings is 1. The van der Waals surface area contributed by atoms with Crippen molar-refractivity contribution in [3.05, 3.63) is 23.5 Å². The second-order valence-corrected chi connectivity index (χ2v) is 6.92. The zero-order valence-corrected chi connectivity index (χ0v) is 13.2. The number of nitrogens with zero attached hydrogens (tertiary/aromatic N) is 2. The number of hydrogen-bond acceptors (Lipinski definition) is 4. The molecule has 6 nitrogen and oxygen atoms in total. The first-order valence-electron chi connectivity index (χ1n) is 7.43. The first-order chi connectivity index (χ1) is 10.5. The average Bonchev–Trinajstić information content (AvgIpc) is 3.03. The van der Waals surface area contributed by atoms with E-state index in [0.717, 1.165) is 23.5 Å². The predicted molar refractivity (Wildman–Crippen MR) is 82.9 cm³/mol. The van der Waals surface area contributed by atoms with Crippen LogP contribution >= 0.6 is 11.3 Å². The van der Waals surface area contributed by atoms with Crippen LogP contribution in [0.25, 0.3) is 4.96 Å². The third kappa shape index (κ3) is 2.72. The van der Waals surface area contributed by atoms with Crippen molar-refractivity contribution in [3.8, 4) is 0 Å². The van der Waals surface area contributed by atoms with Crippen LogP contribution in [0.4, 0.5) is 0 Å². The Balaban J connectivity index is 1.72. The lowest BCUT2D eigenvalue weighted by atomic mass is 9.74. The van der Waals surface area contributed by atoms with Gasteiger partial charge in [0.15, 0.2) is 4.96 Å². The fourth-order valence-electron chi connectivity index (χ4n) is 3.31. The van der Waals surface area contributed by atoms with Crippen molar-refractivity contribution in [2.24, 2.45) is 5.92 Å². The summed E-state index contributed by atoms with van der Waals surface area (Å²) >= 11 is 1.49. The number of amides is 1. The smallest absolute Gasteiger partial charge is 0.308 e. The molecule has 0 saturated heterocycles. The minimum atomic E-state index is -0.824. The van der Waals surface area contributed by atoms with Gasteiger partial charge in [0.05, 0.1) is 17.9 Å². The molecular formula is C15H19N3O3S. The van der Waals surface area contributed by atoms with E-state index in [-0.39, 0.29) is 12.3 Å². The molecule has 1 aliphatic carbocycles. The highest BCUT2D eigenvalue weighted by Crippen LogP contribution is 2.34. The zero-order chi connectivity index (χ0) is 15.7. The number of fused-ring (bicyclic) bond motifs is 1. The van der Waals surface area contributed by atoms with Crippen molar-refractivity contribution in [1.29, 1.82) is 0 Å². The fraction of sp³-hybridized carbons (Fsp3) is 0.533. The van der Waals surface area contributed by atoms with Gasteiger partial charge in [-0.05, 0) is 19.8 Å². The third-order valence-corrected chi connectivity index (χ3v) is 5.39. The Morgan fingerprint density at radius 1 is 1.55 bits per heavy atom. The van der Waals surface area contributed by atoms with E-state index in [4.69, 9.17) is 0 Å². The first-order valence-corrected chi connectivity index (χ1v) is 8.31. The summed E-state index contributed by atoms with van der Waals surface area (Å²) < 4.78 is 1.89. The number of carboxylic acid groups (broad SMARTS) is 1. The lowest BCUT2D eigenvalue weighted by molar-refractivity contribution is -0.146. The lowest BCUT2D eigenvalue weighted by Gasteiger charge is -2.39. The van der Waals surface area contributed by atoms with Gasteiger partial charge in [-0.25, -0.2) is 4.98 Å². The third-order valence-electron chi connectivity index (χ3n) is 4.49. The van der Waals surface area contributed by atoms with Gasteiger partial charge in [0, 0.05) is 23.5 Å². The monoisotopic (exact) mass is 321 g/mol. The molecule has 1 fully saturated rings. The van der Waals surface area contributed by atoms with Gasteiger partial charge in [-0.15, -0.1) is 11.3 Å². The van der Waals surface area contributed by atoms with Gasteiger partial charge < -0.3 is 10.4 Å². The number of carbonyl (C=O) groups is 2. The number of hydrogen-bond donors (Lipinski definition) is 2. The molecule has 1 amide bonds. The molecule has 0 aliphatic heterocycles. The summed E-state index contributed by atoms with van der Waals surface area (Å²) in [6.45, 7) is 1.85. The summed E-state index contributed by atoms with van der Waals surface area (Å²) in [6, 6.07) is 0. The number of nitrogens with one attached hydrogen (secondary N) is 1. The minimum Gasteiger partial charge on any atom is -0.481 e. The second kappa shape index (κ2) is 5.72. The highest BCUT2D eigenvalue weighted by molar-refractivity contribution is 7.15. The zero-order valence-electron chi connectivity index (χ0n) is 12.4. The Kier molecular flexibility index (Phi) is 3.90. The molecule has 0 bridgehead atoms. The van der Waals surface area contributed by atoms with Crippen molar-refractivity contribution in [3.63, 3.8) is 0 Å². The molecule has 2 N–H and O–H groups in total. The van der Waals surface area contributed by atoms with Crippen LogP contribution in [0.3, 0.4) is 0 Å². The van der Waals surface area contributed by atoms with Crippen molar-refractivity contribution >= 4 is 28.2 Å². The van der Waals surface area contributed by atoms with Gasteiger partial charge in [-0.3, -0.25) is 14.0 Å². The Labute approximate surface area is 132 Å². The Hall–Kier alpha value is -1.89. The van der Waals surface area contributed by atoms with E-state index in [9.17, 15) is 14.7 Å². The van der Waals surface area contributed by atoms with E-state index >= 15 is 0 Å². The molecule has 2 aromatic rings. The molecule has 2 aromatic heterocycles. The Bertz CT molecular complexity index is 708. The fourth-order valence-corrected chi connectivity index (χ4v) is 4.16. The first kappa shape index (κ1) is 15.0. The van der Waals surface area contributed by atoms with Gasteiger partial charge in [-0.1, -0.05) is 12.8 Å². The molecule has 1 saturated carbocycles. The topological polar surface area (TPSA) is 83.7 Å². The molecule has 0 radical (unpaired) electrons. The largest absolute Gasteiger partial charge is 0.481 e. The van der Waals surface area contributed by atoms with Gasteiger partial charge in [0.2, 0.25) is 5.91 Å². The number of carboxylic acids is 1. The number of aliphatic carboxylic acids is 1. The molecule has 22 heavy (non-hydrogen) atoms. The van der Waals surface area contributed by atoms with Crippen LogP contribution in [0.15, 0.2) is 17.8 Å². The van der Waals surface area contributed by atoms with E-state index in [0.29, 0.717) is 12.8 Å². The number of carbonyl (C=O) groups excluding carboxylic acids is 1. The SMILES string of the molecule is CC1(NC(=O)Cc2csc3nccn23)CCCCC1C(=O)O. The van der Waals surface area contributed by atoms with Gasteiger partial charge in [0.1, 0.15) is 0 Å². The Morgan fingerprint density at radius 3 is 3.14 bits per heavy atom. The summed E-state index contributed by atoms with van der Waals surface area (Å²) in [6.07, 6.45) is 6.95. The summed E-state index contributed by atoms with van der Waals surface area (Å²) in [5, 5.41) is 14.3. The summed E-state index contributed by atoms with van der Waals surface area (Å²) in [5.74, 6) is -1.47. The number of rotatable bonds is 4. The van der Waals surface area contributed by atoms with E-state index in [1.165, 1.54) is 11.3 Å². The van der Waals surface area contributed by atoms with Gasteiger partial charge in [0.25, 0.3) is 0 Å². The number of aromatic nitrogens is 2. The molecule has 2 unspecified atom stereocenters. The lowest BCUT2D eigenvalue weighted by Crippen LogP contribution is -2.55. The van der Waals surface area contributed by atoms with E-state index in [1.807, 2.05) is 22.9 Å². The molecule has 7 heteroatoms. The van der Waals surface area contributed by atoms with Crippen LogP contribution < -0.4 is 5.32 Å².